The number of benzene rings is 2. The van der Waals surface area contributed by atoms with E-state index in [0.29, 0.717) is 24.0 Å². The lowest BCUT2D eigenvalue weighted by atomic mass is 10.0. The molecule has 0 bridgehead atoms. The second kappa shape index (κ2) is 21.7. The van der Waals surface area contributed by atoms with E-state index in [4.69, 9.17) is 9.84 Å². The Morgan fingerprint density at radius 3 is 1.84 bits per heavy atom. The van der Waals surface area contributed by atoms with Crippen LogP contribution in [0.15, 0.2) is 48.5 Å². The van der Waals surface area contributed by atoms with Gasteiger partial charge in [-0.15, -0.1) is 0 Å². The second-order valence-corrected chi connectivity index (χ2v) is 7.32. The van der Waals surface area contributed by atoms with Crippen molar-refractivity contribution in [2.24, 2.45) is 5.92 Å². The van der Waals surface area contributed by atoms with Crippen LogP contribution in [0.5, 0.6) is 11.5 Å². The molecule has 0 saturated heterocycles. The number of aromatic hydroxyl groups is 2. The van der Waals surface area contributed by atoms with Gasteiger partial charge in [-0.25, -0.2) is 0 Å². The van der Waals surface area contributed by atoms with Gasteiger partial charge in [-0.2, -0.15) is 0 Å². The summed E-state index contributed by atoms with van der Waals surface area (Å²) < 4.78 is 5.08. The number of hydrogen-bond donors (Lipinski definition) is 2. The first-order valence-electron chi connectivity index (χ1n) is 9.51. The van der Waals surface area contributed by atoms with E-state index in [1.807, 2.05) is 6.07 Å². The standard InChI is InChI=1S/C14H20O4.C9H12.5CH4/c1-10(2)4-3-7-18-14(17)9-11-5-6-12(15)13(16)8-11;1-8(2)9-6-4-3-5-7-9;;;;;/h5-6,8,10,15-16H,3-4,7,9H2,1-2H3;3-8H,1-2H3;5*1H4. The predicted octanol–water partition coefficient (Wildman–Crippen LogP) is 8.61. The molecule has 0 aromatic heterocycles. The molecule has 0 unspecified atom stereocenters. The molecule has 0 atom stereocenters. The van der Waals surface area contributed by atoms with Crippen molar-refractivity contribution in [2.75, 3.05) is 6.61 Å². The highest BCUT2D eigenvalue weighted by Gasteiger charge is 2.07. The zero-order chi connectivity index (χ0) is 20.2. The Morgan fingerprint density at radius 2 is 1.41 bits per heavy atom. The van der Waals surface area contributed by atoms with Gasteiger partial charge < -0.3 is 14.9 Å². The molecule has 2 N–H and O–H groups in total. The fourth-order valence-corrected chi connectivity index (χ4v) is 2.41. The summed E-state index contributed by atoms with van der Waals surface area (Å²) in [4.78, 5) is 11.5. The first-order valence-corrected chi connectivity index (χ1v) is 9.51. The van der Waals surface area contributed by atoms with Crippen molar-refractivity contribution < 1.29 is 19.7 Å². The van der Waals surface area contributed by atoms with Crippen LogP contribution in [-0.2, 0) is 16.0 Å². The van der Waals surface area contributed by atoms with Crippen molar-refractivity contribution in [3.05, 3.63) is 59.7 Å². The van der Waals surface area contributed by atoms with Gasteiger partial charge in [-0.3, -0.25) is 4.79 Å². The molecular formula is C28H52O4. The van der Waals surface area contributed by atoms with Crippen LogP contribution in [0, 0.1) is 5.92 Å². The van der Waals surface area contributed by atoms with E-state index in [-0.39, 0.29) is 61.0 Å². The van der Waals surface area contributed by atoms with Crippen molar-refractivity contribution in [3.8, 4) is 11.5 Å². The molecule has 0 aliphatic rings. The van der Waals surface area contributed by atoms with E-state index >= 15 is 0 Å². The van der Waals surface area contributed by atoms with Gasteiger partial charge in [0.2, 0.25) is 0 Å². The van der Waals surface area contributed by atoms with Crippen LogP contribution >= 0.6 is 0 Å². The highest BCUT2D eigenvalue weighted by atomic mass is 16.5. The predicted molar refractivity (Wildman–Crippen MR) is 143 cm³/mol. The molecule has 0 saturated carbocycles. The number of hydrogen-bond acceptors (Lipinski definition) is 4. The van der Waals surface area contributed by atoms with E-state index in [1.165, 1.54) is 17.7 Å². The first kappa shape index (κ1) is 39.9. The van der Waals surface area contributed by atoms with Crippen LogP contribution in [0.3, 0.4) is 0 Å². The minimum atomic E-state index is -0.316. The van der Waals surface area contributed by atoms with E-state index in [9.17, 15) is 9.90 Å². The Kier molecular flexibility index (Phi) is 27.1. The molecule has 0 amide bonds. The van der Waals surface area contributed by atoms with Crippen molar-refractivity contribution >= 4 is 5.97 Å². The van der Waals surface area contributed by atoms with Gasteiger partial charge in [0.25, 0.3) is 0 Å². The van der Waals surface area contributed by atoms with Crippen molar-refractivity contribution in [1.29, 1.82) is 0 Å². The van der Waals surface area contributed by atoms with E-state index in [2.05, 4.69) is 52.0 Å². The van der Waals surface area contributed by atoms with Crippen LogP contribution in [-0.4, -0.2) is 22.8 Å². The molecule has 188 valence electrons. The lowest BCUT2D eigenvalue weighted by Gasteiger charge is -2.07. The van der Waals surface area contributed by atoms with Crippen LogP contribution in [0.4, 0.5) is 0 Å². The third-order valence-electron chi connectivity index (χ3n) is 4.04. The SMILES string of the molecule is C.C.C.C.C.CC(C)CCCOC(=O)Cc1ccc(O)c(O)c1.CC(C)c1ccccc1. The normalized spacial score (nSPS) is 8.81. The summed E-state index contributed by atoms with van der Waals surface area (Å²) in [6, 6.07) is 14.8. The Morgan fingerprint density at radius 1 is 0.844 bits per heavy atom. The maximum atomic E-state index is 11.5. The second-order valence-electron chi connectivity index (χ2n) is 7.32. The van der Waals surface area contributed by atoms with Crippen molar-refractivity contribution in [3.63, 3.8) is 0 Å². The Balaban J connectivity index is -0.000000151. The molecule has 2 aromatic carbocycles. The summed E-state index contributed by atoms with van der Waals surface area (Å²) in [6.07, 6.45) is 2.01. The molecule has 0 radical (unpaired) electrons. The zero-order valence-electron chi connectivity index (χ0n) is 16.8. The number of phenolic OH excluding ortho intramolecular Hbond substituents is 2. The van der Waals surface area contributed by atoms with Crippen LogP contribution in [0.25, 0.3) is 0 Å². The lowest BCUT2D eigenvalue weighted by Crippen LogP contribution is -2.09. The third-order valence-corrected chi connectivity index (χ3v) is 4.04. The number of esters is 1. The monoisotopic (exact) mass is 452 g/mol. The molecule has 0 spiro atoms. The molecule has 0 fully saturated rings. The average Bonchev–Trinajstić information content (AvgIpc) is 2.63. The maximum Gasteiger partial charge on any atom is 0.310 e. The first-order chi connectivity index (χ1) is 12.8. The molecule has 0 aliphatic carbocycles. The third kappa shape index (κ3) is 17.2. The van der Waals surface area contributed by atoms with E-state index in [1.54, 1.807) is 6.07 Å². The Labute approximate surface area is 199 Å². The number of carbonyl (C=O) groups is 1. The summed E-state index contributed by atoms with van der Waals surface area (Å²) in [5, 5.41) is 18.4. The quantitative estimate of drug-likeness (QED) is 0.251. The summed E-state index contributed by atoms with van der Waals surface area (Å²) in [6.45, 7) is 9.09. The van der Waals surface area contributed by atoms with Gasteiger partial charge >= 0.3 is 5.97 Å². The zero-order valence-corrected chi connectivity index (χ0v) is 16.8. The summed E-state index contributed by atoms with van der Waals surface area (Å²) in [5.74, 6) is 0.539. The highest BCUT2D eigenvalue weighted by molar-refractivity contribution is 5.72. The lowest BCUT2D eigenvalue weighted by molar-refractivity contribution is -0.143. The van der Waals surface area contributed by atoms with Gasteiger partial charge in [0, 0.05) is 0 Å². The molecule has 2 rings (SSSR count). The minimum absolute atomic E-state index is 0. The van der Waals surface area contributed by atoms with Gasteiger partial charge in [-0.05, 0) is 47.9 Å². The van der Waals surface area contributed by atoms with E-state index in [0.717, 1.165) is 12.8 Å². The van der Waals surface area contributed by atoms with Gasteiger partial charge in [0.05, 0.1) is 13.0 Å². The Hall–Kier alpha value is -2.49. The number of rotatable bonds is 7. The minimum Gasteiger partial charge on any atom is -0.504 e. The summed E-state index contributed by atoms with van der Waals surface area (Å²) >= 11 is 0. The smallest absolute Gasteiger partial charge is 0.310 e. The molecule has 0 aliphatic heterocycles. The average molecular weight is 453 g/mol. The van der Waals surface area contributed by atoms with Gasteiger partial charge in [0.15, 0.2) is 11.5 Å². The van der Waals surface area contributed by atoms with Crippen LogP contribution in [0.2, 0.25) is 0 Å². The summed E-state index contributed by atoms with van der Waals surface area (Å²) in [5.41, 5.74) is 2.04. The molecule has 4 heteroatoms. The fourth-order valence-electron chi connectivity index (χ4n) is 2.41. The van der Waals surface area contributed by atoms with Gasteiger partial charge in [-0.1, -0.05) is 101 Å². The van der Waals surface area contributed by atoms with Gasteiger partial charge in [0.1, 0.15) is 0 Å². The fraction of sp³-hybridized carbons (Fsp3) is 0.536. The summed E-state index contributed by atoms with van der Waals surface area (Å²) in [7, 11) is 0. The molecule has 32 heavy (non-hydrogen) atoms. The number of carbonyl (C=O) groups excluding carboxylic acids is 1. The molecule has 2 aromatic rings. The largest absolute Gasteiger partial charge is 0.504 e. The maximum absolute atomic E-state index is 11.5. The molecule has 4 nitrogen and oxygen atoms in total. The number of phenols is 2. The topological polar surface area (TPSA) is 66.8 Å². The molecule has 0 heterocycles. The van der Waals surface area contributed by atoms with E-state index < -0.39 is 0 Å². The van der Waals surface area contributed by atoms with Crippen molar-refractivity contribution in [2.45, 2.75) is 90.0 Å². The number of ether oxygens (including phenoxy) is 1. The van der Waals surface area contributed by atoms with Crippen LogP contribution < -0.4 is 0 Å². The molecular weight excluding hydrogens is 400 g/mol. The van der Waals surface area contributed by atoms with Crippen molar-refractivity contribution in [1.82, 2.24) is 0 Å². The highest BCUT2D eigenvalue weighted by Crippen LogP contribution is 2.25. The Bertz CT molecular complexity index is 679. The van der Waals surface area contributed by atoms with Crippen LogP contribution in [0.1, 0.15) is 94.7 Å².